The van der Waals surface area contributed by atoms with Gasteiger partial charge in [-0.1, -0.05) is 19.9 Å². The van der Waals surface area contributed by atoms with Crippen LogP contribution < -0.4 is 9.47 Å². The second kappa shape index (κ2) is 7.14. The van der Waals surface area contributed by atoms with Crippen LogP contribution in [0.25, 0.3) is 0 Å². The Balaban J connectivity index is 1.87. The van der Waals surface area contributed by atoms with Crippen molar-refractivity contribution in [3.05, 3.63) is 35.4 Å². The molecule has 150 valence electrons. The van der Waals surface area contributed by atoms with Gasteiger partial charge in [-0.15, -0.1) is 0 Å². The summed E-state index contributed by atoms with van der Waals surface area (Å²) >= 11 is 0. The van der Waals surface area contributed by atoms with Crippen molar-refractivity contribution in [1.29, 1.82) is 0 Å². The van der Waals surface area contributed by atoms with Crippen molar-refractivity contribution in [3.8, 4) is 11.5 Å². The van der Waals surface area contributed by atoms with Crippen molar-refractivity contribution < 1.29 is 19.7 Å². The fourth-order valence-electron chi connectivity index (χ4n) is 4.87. The van der Waals surface area contributed by atoms with Crippen molar-refractivity contribution in [2.45, 2.75) is 71.0 Å². The minimum Gasteiger partial charge on any atom is -0.496 e. The number of aryl methyl sites for hydroxylation is 1. The molecule has 0 amide bonds. The normalized spacial score (nSPS) is 32.8. The molecule has 1 aromatic rings. The summed E-state index contributed by atoms with van der Waals surface area (Å²) in [6.07, 6.45) is 8.55. The number of aliphatic hydroxyl groups is 2. The van der Waals surface area contributed by atoms with Crippen LogP contribution in [0.3, 0.4) is 0 Å². The fraction of sp³-hybridized carbons (Fsp3) is 0.652. The summed E-state index contributed by atoms with van der Waals surface area (Å²) < 4.78 is 11.9. The van der Waals surface area contributed by atoms with Gasteiger partial charge in [-0.3, -0.25) is 0 Å². The Kier molecular flexibility index (Phi) is 5.35. The van der Waals surface area contributed by atoms with Crippen molar-refractivity contribution in [3.63, 3.8) is 0 Å². The SMILES string of the molecule is COc1cc(C)cc2c1CC[C@](C)(/C=C/C1C(C)(C)CCC[C@@]1(O)CO)O2. The Hall–Kier alpha value is -1.52. The molecule has 4 heteroatoms. The minimum absolute atomic E-state index is 0.0605. The molecule has 1 unspecified atom stereocenters. The predicted molar refractivity (Wildman–Crippen MR) is 107 cm³/mol. The quantitative estimate of drug-likeness (QED) is 0.776. The van der Waals surface area contributed by atoms with Gasteiger partial charge in [0.05, 0.1) is 19.3 Å². The Morgan fingerprint density at radius 3 is 2.63 bits per heavy atom. The van der Waals surface area contributed by atoms with Crippen LogP contribution >= 0.6 is 0 Å². The number of methoxy groups -OCH3 is 1. The van der Waals surface area contributed by atoms with Crippen LogP contribution in [-0.4, -0.2) is 35.1 Å². The molecular formula is C23H34O4. The number of aliphatic hydroxyl groups excluding tert-OH is 1. The van der Waals surface area contributed by atoms with Crippen LogP contribution in [0.5, 0.6) is 11.5 Å². The lowest BCUT2D eigenvalue weighted by atomic mass is 9.61. The highest BCUT2D eigenvalue weighted by Gasteiger charge is 2.47. The van der Waals surface area contributed by atoms with Gasteiger partial charge in [0, 0.05) is 11.5 Å². The van der Waals surface area contributed by atoms with Crippen LogP contribution in [0, 0.1) is 18.3 Å². The van der Waals surface area contributed by atoms with Gasteiger partial charge in [-0.2, -0.15) is 0 Å². The number of hydrogen-bond acceptors (Lipinski definition) is 4. The third-order valence-electron chi connectivity index (χ3n) is 6.51. The summed E-state index contributed by atoms with van der Waals surface area (Å²) in [5, 5.41) is 20.8. The van der Waals surface area contributed by atoms with Crippen molar-refractivity contribution in [1.82, 2.24) is 0 Å². The molecule has 1 fully saturated rings. The van der Waals surface area contributed by atoms with Gasteiger partial charge < -0.3 is 19.7 Å². The van der Waals surface area contributed by atoms with Crippen LogP contribution in [0.2, 0.25) is 0 Å². The highest BCUT2D eigenvalue weighted by molar-refractivity contribution is 5.49. The highest BCUT2D eigenvalue weighted by Crippen LogP contribution is 2.48. The summed E-state index contributed by atoms with van der Waals surface area (Å²) in [6, 6.07) is 4.12. The first-order chi connectivity index (χ1) is 12.6. The van der Waals surface area contributed by atoms with Crippen molar-refractivity contribution >= 4 is 0 Å². The molecular weight excluding hydrogens is 340 g/mol. The summed E-state index contributed by atoms with van der Waals surface area (Å²) in [6.45, 7) is 8.28. The Morgan fingerprint density at radius 1 is 1.22 bits per heavy atom. The van der Waals surface area contributed by atoms with E-state index in [1.54, 1.807) is 7.11 Å². The van der Waals surface area contributed by atoms with E-state index in [2.05, 4.69) is 39.0 Å². The predicted octanol–water partition coefficient (Wildman–Crippen LogP) is 4.19. The summed E-state index contributed by atoms with van der Waals surface area (Å²) in [5.41, 5.74) is 0.687. The van der Waals surface area contributed by atoms with Gasteiger partial charge in [0.2, 0.25) is 0 Å². The first kappa shape index (κ1) is 20.2. The van der Waals surface area contributed by atoms with E-state index < -0.39 is 11.2 Å². The Bertz CT molecular complexity index is 723. The standard InChI is InChI=1S/C23H34O4/c1-16-13-18(26-5)17-7-11-22(4,27-19(17)14-16)12-8-20-21(2,3)9-6-10-23(20,25)15-24/h8,12-14,20,24-25H,6-7,9-11,15H2,1-5H3/b12-8+/t20?,22-,23-/m1/s1. The van der Waals surface area contributed by atoms with E-state index in [1.165, 1.54) is 0 Å². The van der Waals surface area contributed by atoms with Gasteiger partial charge in [0.1, 0.15) is 17.1 Å². The average molecular weight is 375 g/mol. The molecule has 3 rings (SSSR count). The van der Waals surface area contributed by atoms with E-state index in [1.807, 2.05) is 13.0 Å². The first-order valence-electron chi connectivity index (χ1n) is 10.0. The van der Waals surface area contributed by atoms with Crippen molar-refractivity contribution in [2.75, 3.05) is 13.7 Å². The molecule has 0 bridgehead atoms. The molecule has 27 heavy (non-hydrogen) atoms. The smallest absolute Gasteiger partial charge is 0.127 e. The molecule has 0 saturated heterocycles. The fourth-order valence-corrected chi connectivity index (χ4v) is 4.87. The third-order valence-corrected chi connectivity index (χ3v) is 6.51. The topological polar surface area (TPSA) is 58.9 Å². The zero-order valence-corrected chi connectivity index (χ0v) is 17.3. The zero-order valence-electron chi connectivity index (χ0n) is 17.3. The average Bonchev–Trinajstić information content (AvgIpc) is 2.59. The molecule has 1 aliphatic carbocycles. The van der Waals surface area contributed by atoms with Crippen LogP contribution in [0.4, 0.5) is 0 Å². The van der Waals surface area contributed by atoms with Gasteiger partial charge in [-0.25, -0.2) is 0 Å². The molecule has 1 saturated carbocycles. The Morgan fingerprint density at radius 2 is 1.96 bits per heavy atom. The molecule has 0 spiro atoms. The second-order valence-corrected chi connectivity index (χ2v) is 9.30. The number of rotatable bonds is 4. The van der Waals surface area contributed by atoms with E-state index in [9.17, 15) is 10.2 Å². The third kappa shape index (κ3) is 3.88. The van der Waals surface area contributed by atoms with E-state index in [0.717, 1.165) is 48.3 Å². The molecule has 1 aromatic carbocycles. The van der Waals surface area contributed by atoms with Gasteiger partial charge in [-0.05, 0) is 75.1 Å². The lowest BCUT2D eigenvalue weighted by molar-refractivity contribution is -0.111. The van der Waals surface area contributed by atoms with Crippen LogP contribution in [0.15, 0.2) is 24.3 Å². The van der Waals surface area contributed by atoms with E-state index in [-0.39, 0.29) is 17.9 Å². The van der Waals surface area contributed by atoms with Gasteiger partial charge >= 0.3 is 0 Å². The largest absolute Gasteiger partial charge is 0.496 e. The Labute approximate surface area is 163 Å². The number of fused-ring (bicyclic) bond motifs is 1. The lowest BCUT2D eigenvalue weighted by Gasteiger charge is -2.48. The maximum absolute atomic E-state index is 11.0. The molecule has 1 aliphatic heterocycles. The summed E-state index contributed by atoms with van der Waals surface area (Å²) in [5.74, 6) is 1.67. The highest BCUT2D eigenvalue weighted by atomic mass is 16.5. The second-order valence-electron chi connectivity index (χ2n) is 9.30. The first-order valence-corrected chi connectivity index (χ1v) is 10.0. The maximum Gasteiger partial charge on any atom is 0.127 e. The summed E-state index contributed by atoms with van der Waals surface area (Å²) in [7, 11) is 1.70. The minimum atomic E-state index is -1.05. The monoisotopic (exact) mass is 374 g/mol. The molecule has 4 nitrogen and oxygen atoms in total. The number of benzene rings is 1. The maximum atomic E-state index is 11.0. The molecule has 0 aromatic heterocycles. The van der Waals surface area contributed by atoms with E-state index >= 15 is 0 Å². The molecule has 2 aliphatic rings. The molecule has 3 atom stereocenters. The molecule has 2 N–H and O–H groups in total. The number of ether oxygens (including phenoxy) is 2. The van der Waals surface area contributed by atoms with E-state index in [4.69, 9.17) is 9.47 Å². The van der Waals surface area contributed by atoms with Crippen LogP contribution in [-0.2, 0) is 6.42 Å². The van der Waals surface area contributed by atoms with Gasteiger partial charge in [0.15, 0.2) is 0 Å². The number of hydrogen-bond donors (Lipinski definition) is 2. The van der Waals surface area contributed by atoms with Gasteiger partial charge in [0.25, 0.3) is 0 Å². The summed E-state index contributed by atoms with van der Waals surface area (Å²) in [4.78, 5) is 0. The molecule has 0 radical (unpaired) electrons. The van der Waals surface area contributed by atoms with Crippen molar-refractivity contribution in [2.24, 2.45) is 11.3 Å². The molecule has 1 heterocycles. The van der Waals surface area contributed by atoms with Crippen LogP contribution in [0.1, 0.15) is 57.6 Å². The lowest BCUT2D eigenvalue weighted by Crippen LogP contribution is -2.51. The van der Waals surface area contributed by atoms with E-state index in [0.29, 0.717) is 6.42 Å². The zero-order chi connectivity index (χ0) is 19.9.